The minimum absolute atomic E-state index is 0.121. The number of nitrogens with zero attached hydrogens (tertiary/aromatic N) is 1. The molecule has 0 radical (unpaired) electrons. The number of hydrazone groups is 1. The molecule has 0 spiro atoms. The second-order valence-corrected chi connectivity index (χ2v) is 7.43. The molecule has 1 aliphatic heterocycles. The largest absolute Gasteiger partial charge is 0.488 e. The van der Waals surface area contributed by atoms with E-state index in [9.17, 15) is 9.59 Å². The molecule has 2 N–H and O–H groups in total. The molecule has 8 nitrogen and oxygen atoms in total. The topological polar surface area (TPSA) is 98.3 Å². The maximum atomic E-state index is 12.2. The quantitative estimate of drug-likeness (QED) is 0.392. The maximum absolute atomic E-state index is 12.2. The van der Waals surface area contributed by atoms with Crippen LogP contribution in [0.4, 0.5) is 0 Å². The summed E-state index contributed by atoms with van der Waals surface area (Å²) in [5.74, 6) is 0.805. The Bertz CT molecular complexity index is 1180. The van der Waals surface area contributed by atoms with Crippen molar-refractivity contribution < 1.29 is 23.8 Å². The van der Waals surface area contributed by atoms with E-state index in [4.69, 9.17) is 25.8 Å². The molecule has 9 heteroatoms. The minimum Gasteiger partial charge on any atom is -0.488 e. The van der Waals surface area contributed by atoms with Crippen LogP contribution in [0.15, 0.2) is 71.8 Å². The van der Waals surface area contributed by atoms with Crippen molar-refractivity contribution in [2.45, 2.75) is 6.61 Å². The van der Waals surface area contributed by atoms with E-state index >= 15 is 0 Å². The predicted molar refractivity (Wildman–Crippen MR) is 123 cm³/mol. The van der Waals surface area contributed by atoms with Gasteiger partial charge in [-0.15, -0.1) is 0 Å². The maximum Gasteiger partial charge on any atom is 0.259 e. The number of ether oxygens (including phenoxy) is 3. The molecule has 168 valence electrons. The number of hydrogen-bond donors (Lipinski definition) is 2. The van der Waals surface area contributed by atoms with Gasteiger partial charge in [-0.25, -0.2) is 5.43 Å². The van der Waals surface area contributed by atoms with Crippen molar-refractivity contribution in [3.05, 3.63) is 88.4 Å². The lowest BCUT2D eigenvalue weighted by molar-refractivity contribution is -0.120. The highest BCUT2D eigenvalue weighted by molar-refractivity contribution is 6.30. The molecular formula is C24H20ClN3O5. The minimum atomic E-state index is -0.472. The summed E-state index contributed by atoms with van der Waals surface area (Å²) in [5, 5.41) is 7.16. The smallest absolute Gasteiger partial charge is 0.259 e. The lowest BCUT2D eigenvalue weighted by Gasteiger charge is -2.09. The van der Waals surface area contributed by atoms with Crippen LogP contribution < -0.4 is 25.0 Å². The van der Waals surface area contributed by atoms with Crippen LogP contribution in [-0.4, -0.2) is 31.4 Å². The number of rotatable bonds is 8. The van der Waals surface area contributed by atoms with Gasteiger partial charge in [-0.2, -0.15) is 5.10 Å². The SMILES string of the molecule is O=C(CNC(=O)c1ccc2c(c1)OCO2)N/N=C/c1ccccc1OCc1ccc(Cl)cc1. The van der Waals surface area contributed by atoms with E-state index in [-0.39, 0.29) is 13.3 Å². The normalized spacial score (nSPS) is 11.9. The van der Waals surface area contributed by atoms with E-state index in [0.717, 1.165) is 5.56 Å². The highest BCUT2D eigenvalue weighted by Crippen LogP contribution is 2.32. The first-order chi connectivity index (χ1) is 16.1. The second kappa shape index (κ2) is 10.5. The molecule has 0 aliphatic carbocycles. The number of para-hydroxylation sites is 1. The second-order valence-electron chi connectivity index (χ2n) is 7.00. The first kappa shape index (κ1) is 22.2. The summed E-state index contributed by atoms with van der Waals surface area (Å²) in [6.07, 6.45) is 1.48. The summed E-state index contributed by atoms with van der Waals surface area (Å²) in [5.41, 5.74) is 4.41. The van der Waals surface area contributed by atoms with E-state index in [1.165, 1.54) is 6.21 Å². The molecule has 2 amide bonds. The van der Waals surface area contributed by atoms with Crippen LogP contribution in [0.2, 0.25) is 5.02 Å². The molecule has 0 saturated carbocycles. The van der Waals surface area contributed by atoms with Gasteiger partial charge >= 0.3 is 0 Å². The molecule has 0 aromatic heterocycles. The number of carbonyl (C=O) groups excluding carboxylic acids is 2. The van der Waals surface area contributed by atoms with Crippen LogP contribution in [-0.2, 0) is 11.4 Å². The van der Waals surface area contributed by atoms with Crippen LogP contribution >= 0.6 is 11.6 Å². The van der Waals surface area contributed by atoms with Crippen LogP contribution in [0, 0.1) is 0 Å². The summed E-state index contributed by atoms with van der Waals surface area (Å²) in [4.78, 5) is 24.3. The number of halogens is 1. The third kappa shape index (κ3) is 6.02. The number of fused-ring (bicyclic) bond motifs is 1. The third-order valence-corrected chi connectivity index (χ3v) is 4.92. The van der Waals surface area contributed by atoms with Gasteiger partial charge < -0.3 is 19.5 Å². The molecule has 33 heavy (non-hydrogen) atoms. The molecule has 0 atom stereocenters. The predicted octanol–water partition coefficient (Wildman–Crippen LogP) is 3.53. The molecule has 0 bridgehead atoms. The number of benzene rings is 3. The first-order valence-electron chi connectivity index (χ1n) is 10.0. The molecule has 1 heterocycles. The Balaban J connectivity index is 1.27. The Morgan fingerprint density at radius 3 is 2.67 bits per heavy atom. The zero-order chi connectivity index (χ0) is 23.0. The first-order valence-corrected chi connectivity index (χ1v) is 10.4. The summed E-state index contributed by atoms with van der Waals surface area (Å²) < 4.78 is 16.3. The Kier molecular flexibility index (Phi) is 7.06. The van der Waals surface area contributed by atoms with E-state index < -0.39 is 11.8 Å². The van der Waals surface area contributed by atoms with Gasteiger partial charge in [-0.1, -0.05) is 35.9 Å². The van der Waals surface area contributed by atoms with E-state index in [2.05, 4.69) is 15.8 Å². The fourth-order valence-corrected chi connectivity index (χ4v) is 3.10. The van der Waals surface area contributed by atoms with Crippen LogP contribution in [0.25, 0.3) is 0 Å². The summed E-state index contributed by atoms with van der Waals surface area (Å²) in [6, 6.07) is 19.5. The van der Waals surface area contributed by atoms with Gasteiger partial charge in [-0.3, -0.25) is 9.59 Å². The Morgan fingerprint density at radius 2 is 1.82 bits per heavy atom. The van der Waals surface area contributed by atoms with Crippen LogP contribution in [0.1, 0.15) is 21.5 Å². The number of carbonyl (C=O) groups is 2. The average Bonchev–Trinajstić information content (AvgIpc) is 3.31. The van der Waals surface area contributed by atoms with E-state index in [0.29, 0.717) is 40.0 Å². The standard InChI is InChI=1S/C24H20ClN3O5/c25-19-8-5-16(6-9-19)14-31-20-4-2-1-3-18(20)12-27-28-23(29)13-26-24(30)17-7-10-21-22(11-17)33-15-32-21/h1-12H,13-15H2,(H,26,30)(H,28,29)/b27-12+. The molecule has 3 aromatic carbocycles. The van der Waals surface area contributed by atoms with Gasteiger partial charge in [0.25, 0.3) is 11.8 Å². The number of hydrogen-bond acceptors (Lipinski definition) is 6. The number of amides is 2. The summed E-state index contributed by atoms with van der Waals surface area (Å²) >= 11 is 5.90. The molecular weight excluding hydrogens is 446 g/mol. The molecule has 0 unspecified atom stereocenters. The van der Waals surface area contributed by atoms with Gasteiger partial charge in [0.1, 0.15) is 12.4 Å². The zero-order valence-electron chi connectivity index (χ0n) is 17.4. The lowest BCUT2D eigenvalue weighted by Crippen LogP contribution is -2.34. The lowest BCUT2D eigenvalue weighted by atomic mass is 10.2. The van der Waals surface area contributed by atoms with E-state index in [1.807, 2.05) is 36.4 Å². The fourth-order valence-electron chi connectivity index (χ4n) is 2.97. The molecule has 0 saturated heterocycles. The van der Waals surface area contributed by atoms with Gasteiger partial charge in [-0.05, 0) is 48.0 Å². The van der Waals surface area contributed by atoms with Crippen molar-refractivity contribution in [3.63, 3.8) is 0 Å². The molecule has 3 aromatic rings. The fraction of sp³-hybridized carbons (Fsp3) is 0.125. The van der Waals surface area contributed by atoms with Crippen molar-refractivity contribution in [1.82, 2.24) is 10.7 Å². The van der Waals surface area contributed by atoms with Crippen molar-refractivity contribution in [2.24, 2.45) is 5.10 Å². The van der Waals surface area contributed by atoms with Crippen molar-refractivity contribution in [2.75, 3.05) is 13.3 Å². The monoisotopic (exact) mass is 465 g/mol. The average molecular weight is 466 g/mol. The Labute approximate surface area is 195 Å². The molecule has 1 aliphatic rings. The Hall–Kier alpha value is -4.04. The van der Waals surface area contributed by atoms with Gasteiger partial charge in [0.2, 0.25) is 6.79 Å². The van der Waals surface area contributed by atoms with Crippen molar-refractivity contribution >= 4 is 29.6 Å². The molecule has 4 rings (SSSR count). The van der Waals surface area contributed by atoms with Crippen LogP contribution in [0.5, 0.6) is 17.2 Å². The third-order valence-electron chi connectivity index (χ3n) is 4.66. The van der Waals surface area contributed by atoms with Gasteiger partial charge in [0.05, 0.1) is 12.8 Å². The number of nitrogens with one attached hydrogen (secondary N) is 2. The zero-order valence-corrected chi connectivity index (χ0v) is 18.2. The van der Waals surface area contributed by atoms with Gasteiger partial charge in [0.15, 0.2) is 11.5 Å². The summed E-state index contributed by atoms with van der Waals surface area (Å²) in [7, 11) is 0. The van der Waals surface area contributed by atoms with Crippen LogP contribution in [0.3, 0.4) is 0 Å². The Morgan fingerprint density at radius 1 is 1.03 bits per heavy atom. The van der Waals surface area contributed by atoms with Crippen molar-refractivity contribution in [1.29, 1.82) is 0 Å². The highest BCUT2D eigenvalue weighted by atomic mass is 35.5. The van der Waals surface area contributed by atoms with Gasteiger partial charge in [0, 0.05) is 16.1 Å². The summed E-state index contributed by atoms with van der Waals surface area (Å²) in [6.45, 7) is 0.246. The molecule has 0 fully saturated rings. The van der Waals surface area contributed by atoms with E-state index in [1.54, 1.807) is 30.3 Å². The highest BCUT2D eigenvalue weighted by Gasteiger charge is 2.16. The van der Waals surface area contributed by atoms with Crippen molar-refractivity contribution in [3.8, 4) is 17.2 Å².